The molecular weight excluding hydrogens is 351 g/mol. The van der Waals surface area contributed by atoms with Crippen molar-refractivity contribution in [2.45, 2.75) is 19.3 Å². The molecule has 0 bridgehead atoms. The second-order valence-corrected chi connectivity index (χ2v) is 6.80. The number of hydrogen-bond donors (Lipinski definition) is 0. The van der Waals surface area contributed by atoms with Crippen LogP contribution in [0.25, 0.3) is 16.2 Å². The molecule has 2 aromatic carbocycles. The molecule has 0 unspecified atom stereocenters. The smallest absolute Gasteiger partial charge is 0.253 e. The minimum atomic E-state index is -0.444. The van der Waals surface area contributed by atoms with Crippen LogP contribution in [-0.4, -0.2) is 30.6 Å². The zero-order valence-corrected chi connectivity index (χ0v) is 15.2. The number of carbonyl (C=O) groups is 1. The van der Waals surface area contributed by atoms with Crippen LogP contribution in [-0.2, 0) is 0 Å². The lowest BCUT2D eigenvalue weighted by Crippen LogP contribution is -2.35. The van der Waals surface area contributed by atoms with Gasteiger partial charge in [0.1, 0.15) is 5.82 Å². The van der Waals surface area contributed by atoms with Crippen LogP contribution in [0.1, 0.15) is 35.2 Å². The molecule has 0 aromatic heterocycles. The van der Waals surface area contributed by atoms with Gasteiger partial charge in [-0.2, -0.15) is 0 Å². The van der Waals surface area contributed by atoms with E-state index in [4.69, 9.17) is 11.6 Å². The third kappa shape index (κ3) is 3.70. The fourth-order valence-electron chi connectivity index (χ4n) is 3.22. The lowest BCUT2D eigenvalue weighted by atomic mass is 9.99. The molecule has 1 saturated heterocycles. The number of carbonyl (C=O) groups excluding carboxylic acids is 1. The first-order chi connectivity index (χ1) is 12.5. The molecule has 1 fully saturated rings. The van der Waals surface area contributed by atoms with E-state index in [0.717, 1.165) is 32.4 Å². The van der Waals surface area contributed by atoms with Crippen LogP contribution in [0.5, 0.6) is 0 Å². The number of amides is 1. The van der Waals surface area contributed by atoms with E-state index in [9.17, 15) is 9.18 Å². The molecule has 0 spiro atoms. The summed E-state index contributed by atoms with van der Waals surface area (Å²) in [6.07, 6.45) is 3.14. The Morgan fingerprint density at radius 1 is 1.12 bits per heavy atom. The first kappa shape index (κ1) is 18.3. The minimum absolute atomic E-state index is 0.114. The topological polar surface area (TPSA) is 32.7 Å². The van der Waals surface area contributed by atoms with Gasteiger partial charge in [0.05, 0.1) is 5.69 Å². The highest BCUT2D eigenvalue weighted by Gasteiger charge is 2.19. The number of nitrogens with zero attached hydrogens (tertiary/aromatic N) is 2. The second-order valence-electron chi connectivity index (χ2n) is 6.34. The third-order valence-corrected chi connectivity index (χ3v) is 4.83. The average molecular weight is 371 g/mol. The van der Waals surface area contributed by atoms with Crippen LogP contribution < -0.4 is 0 Å². The Balaban J connectivity index is 1.91. The molecule has 2 aromatic rings. The summed E-state index contributed by atoms with van der Waals surface area (Å²) in [6.45, 7) is 8.69. The lowest BCUT2D eigenvalue weighted by Gasteiger charge is -2.26. The van der Waals surface area contributed by atoms with E-state index in [1.54, 1.807) is 35.2 Å². The molecule has 0 N–H and O–H groups in total. The molecule has 1 heterocycles. The van der Waals surface area contributed by atoms with Crippen LogP contribution >= 0.6 is 11.6 Å². The average Bonchev–Trinajstić information content (AvgIpc) is 2.67. The van der Waals surface area contributed by atoms with Gasteiger partial charge in [0.15, 0.2) is 0 Å². The van der Waals surface area contributed by atoms with Crippen molar-refractivity contribution in [2.24, 2.45) is 4.99 Å². The van der Waals surface area contributed by atoms with Gasteiger partial charge in [-0.25, -0.2) is 4.39 Å². The molecule has 3 nitrogen and oxygen atoms in total. The van der Waals surface area contributed by atoms with Crippen molar-refractivity contribution in [3.05, 3.63) is 59.9 Å². The monoisotopic (exact) mass is 370 g/mol. The molecule has 0 aliphatic carbocycles. The predicted octanol–water partition coefficient (Wildman–Crippen LogP) is 5.66. The van der Waals surface area contributed by atoms with Crippen molar-refractivity contribution in [3.8, 4) is 11.1 Å². The highest BCUT2D eigenvalue weighted by atomic mass is 35.5. The maximum absolute atomic E-state index is 14.7. The Kier molecular flexibility index (Phi) is 5.52. The molecule has 3 rings (SSSR count). The van der Waals surface area contributed by atoms with Crippen molar-refractivity contribution >= 4 is 34.9 Å². The molecule has 0 radical (unpaired) electrons. The number of hydrogen-bond acceptors (Lipinski definition) is 2. The van der Waals surface area contributed by atoms with Gasteiger partial charge >= 0.3 is 0 Å². The second kappa shape index (κ2) is 7.83. The number of likely N-dealkylation sites (tertiary alicyclic amines) is 1. The van der Waals surface area contributed by atoms with Gasteiger partial charge in [0, 0.05) is 34.8 Å². The summed E-state index contributed by atoms with van der Waals surface area (Å²) in [5.41, 5.74) is 2.61. The van der Waals surface area contributed by atoms with Crippen LogP contribution in [0.2, 0.25) is 0 Å². The molecule has 26 heavy (non-hydrogen) atoms. The molecule has 1 aliphatic rings. The van der Waals surface area contributed by atoms with Crippen molar-refractivity contribution in [1.29, 1.82) is 0 Å². The predicted molar refractivity (Wildman–Crippen MR) is 106 cm³/mol. The molecule has 5 heteroatoms. The van der Waals surface area contributed by atoms with E-state index in [1.807, 2.05) is 0 Å². The highest BCUT2D eigenvalue weighted by molar-refractivity contribution is 6.48. The molecule has 1 amide bonds. The molecule has 1 aliphatic heterocycles. The number of piperidine rings is 1. The quantitative estimate of drug-likeness (QED) is 0.639. The fraction of sp³-hybridized carbons (Fsp3) is 0.238. The van der Waals surface area contributed by atoms with Crippen molar-refractivity contribution < 1.29 is 9.18 Å². The fourth-order valence-corrected chi connectivity index (χ4v) is 3.38. The summed E-state index contributed by atoms with van der Waals surface area (Å²) in [6, 6.07) is 9.81. The van der Waals surface area contributed by atoms with E-state index in [-0.39, 0.29) is 5.91 Å². The summed E-state index contributed by atoms with van der Waals surface area (Å²) < 4.78 is 14.7. The van der Waals surface area contributed by atoms with Gasteiger partial charge < -0.3 is 4.90 Å². The SMILES string of the molecule is C=Nc1cc(-c2ccc(C(=O)N3CCCCC3)cc2F)ccc1C(=C)Cl. The van der Waals surface area contributed by atoms with E-state index < -0.39 is 5.82 Å². The van der Waals surface area contributed by atoms with E-state index >= 15 is 0 Å². The summed E-state index contributed by atoms with van der Waals surface area (Å²) >= 11 is 5.95. The van der Waals surface area contributed by atoms with Crippen LogP contribution in [0.4, 0.5) is 10.1 Å². The Labute approximate surface area is 157 Å². The van der Waals surface area contributed by atoms with Crippen LogP contribution in [0, 0.1) is 5.82 Å². The number of halogens is 2. The zero-order chi connectivity index (χ0) is 18.7. The summed E-state index contributed by atoms with van der Waals surface area (Å²) in [4.78, 5) is 18.3. The maximum atomic E-state index is 14.7. The summed E-state index contributed by atoms with van der Waals surface area (Å²) in [5, 5.41) is 0.349. The van der Waals surface area contributed by atoms with Gasteiger partial charge in [-0.3, -0.25) is 9.79 Å². The Morgan fingerprint density at radius 3 is 2.46 bits per heavy atom. The van der Waals surface area contributed by atoms with Crippen molar-refractivity contribution in [2.75, 3.05) is 13.1 Å². The van der Waals surface area contributed by atoms with E-state index in [0.29, 0.717) is 33.0 Å². The highest BCUT2D eigenvalue weighted by Crippen LogP contribution is 2.33. The van der Waals surface area contributed by atoms with Gasteiger partial charge in [-0.1, -0.05) is 36.4 Å². The normalized spacial score (nSPS) is 14.2. The maximum Gasteiger partial charge on any atom is 0.253 e. The minimum Gasteiger partial charge on any atom is -0.339 e. The van der Waals surface area contributed by atoms with Crippen LogP contribution in [0.15, 0.2) is 48.0 Å². The Bertz CT molecular complexity index is 872. The lowest BCUT2D eigenvalue weighted by molar-refractivity contribution is 0.0724. The Hall–Kier alpha value is -2.46. The Morgan fingerprint density at radius 2 is 1.85 bits per heavy atom. The van der Waals surface area contributed by atoms with E-state index in [2.05, 4.69) is 18.3 Å². The zero-order valence-electron chi connectivity index (χ0n) is 14.5. The number of rotatable bonds is 4. The molecule has 0 atom stereocenters. The summed E-state index contributed by atoms with van der Waals surface area (Å²) in [7, 11) is 0. The van der Waals surface area contributed by atoms with Gasteiger partial charge in [-0.05, 0) is 49.7 Å². The largest absolute Gasteiger partial charge is 0.339 e. The van der Waals surface area contributed by atoms with Crippen molar-refractivity contribution in [1.82, 2.24) is 4.90 Å². The number of benzene rings is 2. The van der Waals surface area contributed by atoms with E-state index in [1.165, 1.54) is 6.07 Å². The molecular formula is C21H20ClFN2O. The number of aliphatic imine (C=N–C) groups is 1. The third-order valence-electron chi connectivity index (χ3n) is 4.63. The molecule has 134 valence electrons. The first-order valence-corrected chi connectivity index (χ1v) is 8.94. The first-order valence-electron chi connectivity index (χ1n) is 8.56. The summed E-state index contributed by atoms with van der Waals surface area (Å²) in [5.74, 6) is -0.558. The molecule has 0 saturated carbocycles. The van der Waals surface area contributed by atoms with Crippen LogP contribution in [0.3, 0.4) is 0 Å². The van der Waals surface area contributed by atoms with Crippen molar-refractivity contribution in [3.63, 3.8) is 0 Å². The standard InChI is InChI=1S/C21H20ClFN2O/c1-14(22)17-8-6-15(13-20(17)24-2)18-9-7-16(12-19(18)23)21(26)25-10-4-3-5-11-25/h6-9,12-13H,1-5,10-11H2. The van der Waals surface area contributed by atoms with Gasteiger partial charge in [-0.15, -0.1) is 0 Å². The van der Waals surface area contributed by atoms with Gasteiger partial charge in [0.25, 0.3) is 5.91 Å². The van der Waals surface area contributed by atoms with Gasteiger partial charge in [0.2, 0.25) is 0 Å².